The first-order valence-corrected chi connectivity index (χ1v) is 6.35. The van der Waals surface area contributed by atoms with Crippen molar-refractivity contribution < 1.29 is 13.2 Å². The van der Waals surface area contributed by atoms with Gasteiger partial charge in [-0.15, -0.1) is 11.3 Å². The van der Waals surface area contributed by atoms with Gasteiger partial charge in [0.05, 0.1) is 10.7 Å². The topological polar surface area (TPSA) is 24.9 Å². The van der Waals surface area contributed by atoms with Gasteiger partial charge in [-0.25, -0.2) is 4.98 Å². The van der Waals surface area contributed by atoms with E-state index in [0.29, 0.717) is 6.54 Å². The standard InChI is InChI=1S/C11H17F3N2S/c1-7(10-8(2)16-9(3)17-10)15-6-4-5-11(12,13)14/h7,15H,4-6H2,1-3H3. The quantitative estimate of drug-likeness (QED) is 0.821. The number of rotatable bonds is 5. The molecule has 1 aromatic rings. The molecule has 17 heavy (non-hydrogen) atoms. The van der Waals surface area contributed by atoms with Gasteiger partial charge in [0.15, 0.2) is 0 Å². The van der Waals surface area contributed by atoms with Crippen LogP contribution in [0.3, 0.4) is 0 Å². The Morgan fingerprint density at radius 3 is 2.47 bits per heavy atom. The molecule has 1 rings (SSSR count). The van der Waals surface area contributed by atoms with Crippen LogP contribution in [0.4, 0.5) is 13.2 Å². The SMILES string of the molecule is Cc1nc(C)c(C(C)NCCCC(F)(F)F)s1. The van der Waals surface area contributed by atoms with Gasteiger partial charge in [-0.05, 0) is 33.7 Å². The van der Waals surface area contributed by atoms with E-state index >= 15 is 0 Å². The van der Waals surface area contributed by atoms with Gasteiger partial charge in [0.1, 0.15) is 0 Å². The highest BCUT2D eigenvalue weighted by atomic mass is 32.1. The second kappa shape index (κ2) is 5.82. The first kappa shape index (κ1) is 14.4. The van der Waals surface area contributed by atoms with Crippen molar-refractivity contribution >= 4 is 11.3 Å². The molecule has 0 aliphatic carbocycles. The van der Waals surface area contributed by atoms with Crippen LogP contribution in [0.1, 0.15) is 41.4 Å². The second-order valence-corrected chi connectivity index (χ2v) is 5.31. The summed E-state index contributed by atoms with van der Waals surface area (Å²) in [5, 5.41) is 4.08. The molecule has 0 aliphatic rings. The van der Waals surface area contributed by atoms with Gasteiger partial charge < -0.3 is 5.32 Å². The Bertz CT molecular complexity index is 360. The number of nitrogens with zero attached hydrogens (tertiary/aromatic N) is 1. The average molecular weight is 266 g/mol. The van der Waals surface area contributed by atoms with Crippen molar-refractivity contribution in [3.8, 4) is 0 Å². The molecule has 1 atom stereocenters. The lowest BCUT2D eigenvalue weighted by Gasteiger charge is -2.13. The largest absolute Gasteiger partial charge is 0.389 e. The number of hydrogen-bond acceptors (Lipinski definition) is 3. The maximum absolute atomic E-state index is 11.9. The van der Waals surface area contributed by atoms with Crippen LogP contribution in [0.25, 0.3) is 0 Å². The molecule has 0 fully saturated rings. The summed E-state index contributed by atoms with van der Waals surface area (Å²) in [6.07, 6.45) is -4.67. The van der Waals surface area contributed by atoms with E-state index < -0.39 is 12.6 Å². The summed E-state index contributed by atoms with van der Waals surface area (Å²) in [4.78, 5) is 5.40. The monoisotopic (exact) mass is 266 g/mol. The molecule has 0 bridgehead atoms. The summed E-state index contributed by atoms with van der Waals surface area (Å²) >= 11 is 1.59. The zero-order valence-electron chi connectivity index (χ0n) is 10.2. The Kier molecular flexibility index (Phi) is 4.94. The fourth-order valence-electron chi connectivity index (χ4n) is 1.65. The number of aromatic nitrogens is 1. The van der Waals surface area contributed by atoms with Gasteiger partial charge in [0.25, 0.3) is 0 Å². The summed E-state index contributed by atoms with van der Waals surface area (Å²) < 4.78 is 35.8. The van der Waals surface area contributed by atoms with Crippen LogP contribution in [0.2, 0.25) is 0 Å². The minimum atomic E-state index is -4.05. The molecule has 1 unspecified atom stereocenters. The van der Waals surface area contributed by atoms with Crippen LogP contribution in [0.5, 0.6) is 0 Å². The number of halogens is 3. The van der Waals surface area contributed by atoms with Crippen LogP contribution >= 0.6 is 11.3 Å². The first-order chi connectivity index (χ1) is 7.79. The second-order valence-electron chi connectivity index (χ2n) is 4.08. The molecule has 0 spiro atoms. The minimum absolute atomic E-state index is 0.0643. The van der Waals surface area contributed by atoms with E-state index in [1.807, 2.05) is 20.8 Å². The van der Waals surface area contributed by atoms with E-state index in [1.165, 1.54) is 0 Å². The molecule has 0 radical (unpaired) electrons. The van der Waals surface area contributed by atoms with Gasteiger partial charge >= 0.3 is 6.18 Å². The summed E-state index contributed by atoms with van der Waals surface area (Å²) in [5.74, 6) is 0. The van der Waals surface area contributed by atoms with Crippen LogP contribution in [0.15, 0.2) is 0 Å². The summed E-state index contributed by atoms with van der Waals surface area (Å²) in [6, 6.07) is 0.0643. The Morgan fingerprint density at radius 2 is 2.00 bits per heavy atom. The number of alkyl halides is 3. The van der Waals surface area contributed by atoms with Gasteiger partial charge in [0.2, 0.25) is 0 Å². The molecule has 0 aliphatic heterocycles. The minimum Gasteiger partial charge on any atom is -0.309 e. The Balaban J connectivity index is 2.35. The number of nitrogens with one attached hydrogen (secondary N) is 1. The molecule has 2 nitrogen and oxygen atoms in total. The van der Waals surface area contributed by atoms with Crippen molar-refractivity contribution in [1.82, 2.24) is 10.3 Å². The van der Waals surface area contributed by atoms with Gasteiger partial charge in [-0.2, -0.15) is 13.2 Å². The van der Waals surface area contributed by atoms with Crippen LogP contribution in [0, 0.1) is 13.8 Å². The molecule has 1 N–H and O–H groups in total. The molecule has 1 aromatic heterocycles. The third-order valence-corrected chi connectivity index (χ3v) is 3.68. The fraction of sp³-hybridized carbons (Fsp3) is 0.727. The van der Waals surface area contributed by atoms with Gasteiger partial charge in [0, 0.05) is 17.3 Å². The first-order valence-electron chi connectivity index (χ1n) is 5.53. The maximum Gasteiger partial charge on any atom is 0.389 e. The molecule has 0 amide bonds. The summed E-state index contributed by atoms with van der Waals surface area (Å²) in [7, 11) is 0. The fourth-order valence-corrected chi connectivity index (χ4v) is 2.60. The van der Waals surface area contributed by atoms with E-state index in [2.05, 4.69) is 10.3 Å². The molecule has 0 saturated heterocycles. The van der Waals surface area contributed by atoms with E-state index in [9.17, 15) is 13.2 Å². The van der Waals surface area contributed by atoms with Crippen molar-refractivity contribution in [3.05, 3.63) is 15.6 Å². The van der Waals surface area contributed by atoms with Crippen LogP contribution in [-0.4, -0.2) is 17.7 Å². The molecule has 0 saturated carbocycles. The smallest absolute Gasteiger partial charge is 0.309 e. The molecule has 1 heterocycles. The maximum atomic E-state index is 11.9. The lowest BCUT2D eigenvalue weighted by atomic mass is 10.2. The predicted molar refractivity (Wildman–Crippen MR) is 63.3 cm³/mol. The van der Waals surface area contributed by atoms with E-state index in [-0.39, 0.29) is 12.5 Å². The molecule has 6 heteroatoms. The third-order valence-electron chi connectivity index (χ3n) is 2.42. The van der Waals surface area contributed by atoms with Gasteiger partial charge in [-0.1, -0.05) is 0 Å². The van der Waals surface area contributed by atoms with Crippen molar-refractivity contribution in [2.45, 2.75) is 45.8 Å². The normalized spacial score (nSPS) is 14.0. The molecular weight excluding hydrogens is 249 g/mol. The zero-order valence-corrected chi connectivity index (χ0v) is 11.0. The predicted octanol–water partition coefficient (Wildman–Crippen LogP) is 3.75. The van der Waals surface area contributed by atoms with E-state index in [1.54, 1.807) is 11.3 Å². The lowest BCUT2D eigenvalue weighted by molar-refractivity contribution is -0.135. The van der Waals surface area contributed by atoms with Crippen LogP contribution < -0.4 is 5.32 Å². The van der Waals surface area contributed by atoms with Crippen LogP contribution in [-0.2, 0) is 0 Å². The molecule has 0 aromatic carbocycles. The number of hydrogen-bond donors (Lipinski definition) is 1. The summed E-state index contributed by atoms with van der Waals surface area (Å²) in [5.41, 5.74) is 0.961. The summed E-state index contributed by atoms with van der Waals surface area (Å²) in [6.45, 7) is 6.18. The van der Waals surface area contributed by atoms with E-state index in [4.69, 9.17) is 0 Å². The van der Waals surface area contributed by atoms with Crippen molar-refractivity contribution in [2.24, 2.45) is 0 Å². The average Bonchev–Trinajstić information content (AvgIpc) is 2.51. The van der Waals surface area contributed by atoms with Crippen molar-refractivity contribution in [3.63, 3.8) is 0 Å². The molecule has 98 valence electrons. The number of thiazole rings is 1. The highest BCUT2D eigenvalue weighted by Crippen LogP contribution is 2.25. The molecular formula is C11H17F3N2S. The van der Waals surface area contributed by atoms with Crippen molar-refractivity contribution in [1.29, 1.82) is 0 Å². The van der Waals surface area contributed by atoms with E-state index in [0.717, 1.165) is 15.6 Å². The van der Waals surface area contributed by atoms with Gasteiger partial charge in [-0.3, -0.25) is 0 Å². The zero-order chi connectivity index (χ0) is 13.1. The Hall–Kier alpha value is -0.620. The van der Waals surface area contributed by atoms with Crippen molar-refractivity contribution in [2.75, 3.05) is 6.54 Å². The number of aryl methyl sites for hydroxylation is 2. The Labute approximate surface area is 103 Å². The third kappa shape index (κ3) is 5.04. The Morgan fingerprint density at radius 1 is 1.35 bits per heavy atom. The highest BCUT2D eigenvalue weighted by Gasteiger charge is 2.26. The lowest BCUT2D eigenvalue weighted by Crippen LogP contribution is -2.21. The highest BCUT2D eigenvalue weighted by molar-refractivity contribution is 7.11.